The molecule has 2 rings (SSSR count). The van der Waals surface area contributed by atoms with Gasteiger partial charge < -0.3 is 14.5 Å². The summed E-state index contributed by atoms with van der Waals surface area (Å²) in [6.45, 7) is 4.03. The van der Waals surface area contributed by atoms with Gasteiger partial charge in [-0.15, -0.1) is 0 Å². The Balaban J connectivity index is 2.61. The highest BCUT2D eigenvalue weighted by Gasteiger charge is 2.15. The second-order valence-electron chi connectivity index (χ2n) is 5.03. The van der Waals surface area contributed by atoms with E-state index in [0.717, 1.165) is 23.2 Å². The topological polar surface area (TPSA) is 98.1 Å². The molecule has 0 unspecified atom stereocenters. The second-order valence-corrected chi connectivity index (χ2v) is 6.60. The second kappa shape index (κ2) is 5.83. The molecule has 0 aliphatic heterocycles. The van der Waals surface area contributed by atoms with E-state index in [1.807, 2.05) is 18.4 Å². The third kappa shape index (κ3) is 3.13. The molecule has 0 fully saturated rings. The van der Waals surface area contributed by atoms with Crippen LogP contribution in [-0.2, 0) is 16.7 Å². The smallest absolute Gasteiger partial charge is 0.306 e. The number of benzene rings is 1. The zero-order chi connectivity index (χ0) is 16.5. The molecule has 0 atom stereocenters. The Morgan fingerprint density at radius 2 is 2.00 bits per heavy atom. The lowest BCUT2D eigenvalue weighted by Crippen LogP contribution is -2.10. The van der Waals surface area contributed by atoms with Crippen molar-refractivity contribution in [3.63, 3.8) is 0 Å². The van der Waals surface area contributed by atoms with Crippen molar-refractivity contribution in [1.82, 2.24) is 4.57 Å². The van der Waals surface area contributed by atoms with Crippen molar-refractivity contribution in [2.75, 3.05) is 6.26 Å². The molecule has 1 heterocycles. The number of aromatic nitrogens is 1. The Morgan fingerprint density at radius 1 is 1.32 bits per heavy atom. The number of nitrogens with two attached hydrogens (primary N) is 1. The SMILES string of the molecule is Cc1cc(C#N)n(-c2ccc(OS(C)(=O)=O)cc2CN)c1C. The minimum atomic E-state index is -3.60. The Labute approximate surface area is 129 Å². The van der Waals surface area contributed by atoms with Crippen molar-refractivity contribution in [2.45, 2.75) is 20.4 Å². The first-order chi connectivity index (χ1) is 10.3. The molecule has 0 spiro atoms. The molecule has 2 aromatic rings. The van der Waals surface area contributed by atoms with Crippen molar-refractivity contribution < 1.29 is 12.6 Å². The Kier molecular flexibility index (Phi) is 4.26. The maximum atomic E-state index is 11.2. The lowest BCUT2D eigenvalue weighted by molar-refractivity contribution is 0.492. The summed E-state index contributed by atoms with van der Waals surface area (Å²) in [6.07, 6.45) is 0.982. The van der Waals surface area contributed by atoms with Crippen LogP contribution in [0.5, 0.6) is 5.75 Å². The van der Waals surface area contributed by atoms with Gasteiger partial charge in [0.25, 0.3) is 0 Å². The number of nitrogens with zero attached hydrogens (tertiary/aromatic N) is 2. The van der Waals surface area contributed by atoms with Gasteiger partial charge in [0.2, 0.25) is 0 Å². The molecule has 1 aromatic carbocycles. The van der Waals surface area contributed by atoms with E-state index >= 15 is 0 Å². The van der Waals surface area contributed by atoms with Gasteiger partial charge in [-0.3, -0.25) is 0 Å². The quantitative estimate of drug-likeness (QED) is 0.866. The van der Waals surface area contributed by atoms with Crippen LogP contribution in [-0.4, -0.2) is 19.2 Å². The van der Waals surface area contributed by atoms with E-state index in [1.165, 1.54) is 0 Å². The maximum absolute atomic E-state index is 11.2. The fraction of sp³-hybridized carbons (Fsp3) is 0.267. The highest BCUT2D eigenvalue weighted by molar-refractivity contribution is 7.86. The molecule has 1 aromatic heterocycles. The van der Waals surface area contributed by atoms with E-state index in [2.05, 4.69) is 6.07 Å². The van der Waals surface area contributed by atoms with Crippen LogP contribution in [0.2, 0.25) is 0 Å². The molecule has 7 heteroatoms. The van der Waals surface area contributed by atoms with Gasteiger partial charge in [0.05, 0.1) is 11.9 Å². The van der Waals surface area contributed by atoms with Crippen LogP contribution in [0.3, 0.4) is 0 Å². The lowest BCUT2D eigenvalue weighted by Gasteiger charge is -2.14. The summed E-state index contributed by atoms with van der Waals surface area (Å²) in [5, 5.41) is 9.28. The molecule has 2 N–H and O–H groups in total. The van der Waals surface area contributed by atoms with Gasteiger partial charge >= 0.3 is 10.1 Å². The monoisotopic (exact) mass is 319 g/mol. The summed E-state index contributed by atoms with van der Waals surface area (Å²) >= 11 is 0. The van der Waals surface area contributed by atoms with E-state index in [0.29, 0.717) is 11.3 Å². The van der Waals surface area contributed by atoms with Crippen LogP contribution in [0.25, 0.3) is 5.69 Å². The number of rotatable bonds is 4. The van der Waals surface area contributed by atoms with Gasteiger partial charge in [0, 0.05) is 12.2 Å². The molecule has 116 valence electrons. The fourth-order valence-corrected chi connectivity index (χ4v) is 2.75. The highest BCUT2D eigenvalue weighted by atomic mass is 32.2. The van der Waals surface area contributed by atoms with E-state index in [1.54, 1.807) is 24.3 Å². The van der Waals surface area contributed by atoms with Crippen molar-refractivity contribution in [2.24, 2.45) is 5.73 Å². The van der Waals surface area contributed by atoms with Crippen molar-refractivity contribution >= 4 is 10.1 Å². The molecule has 0 bridgehead atoms. The standard InChI is InChI=1S/C15H17N3O3S/c1-10-6-13(9-17)18(11(10)2)15-5-4-14(7-12(15)8-16)21-22(3,19)20/h4-7H,8,16H2,1-3H3. The molecular formula is C15H17N3O3S. The molecule has 0 radical (unpaired) electrons. The Morgan fingerprint density at radius 3 is 2.55 bits per heavy atom. The first-order valence-corrected chi connectivity index (χ1v) is 8.40. The third-order valence-corrected chi connectivity index (χ3v) is 3.87. The molecule has 6 nitrogen and oxygen atoms in total. The van der Waals surface area contributed by atoms with Gasteiger partial charge in [-0.05, 0) is 49.2 Å². The van der Waals surface area contributed by atoms with Crippen LogP contribution in [0.15, 0.2) is 24.3 Å². The van der Waals surface area contributed by atoms with Crippen LogP contribution in [0.4, 0.5) is 0 Å². The molecular weight excluding hydrogens is 302 g/mol. The van der Waals surface area contributed by atoms with Crippen LogP contribution < -0.4 is 9.92 Å². The zero-order valence-electron chi connectivity index (χ0n) is 12.6. The lowest BCUT2D eigenvalue weighted by atomic mass is 10.1. The number of aryl methyl sites for hydroxylation is 1. The van der Waals surface area contributed by atoms with Crippen molar-refractivity contribution in [3.05, 3.63) is 46.8 Å². The largest absolute Gasteiger partial charge is 0.383 e. The first kappa shape index (κ1) is 16.1. The van der Waals surface area contributed by atoms with E-state index in [4.69, 9.17) is 9.92 Å². The average molecular weight is 319 g/mol. The van der Waals surface area contributed by atoms with Gasteiger partial charge in [-0.1, -0.05) is 0 Å². The minimum absolute atomic E-state index is 0.192. The van der Waals surface area contributed by atoms with Crippen molar-refractivity contribution in [3.8, 4) is 17.5 Å². The predicted octanol–water partition coefficient (Wildman–Crippen LogP) is 1.76. The van der Waals surface area contributed by atoms with Crippen LogP contribution in [0.1, 0.15) is 22.5 Å². The van der Waals surface area contributed by atoms with Gasteiger partial charge in [0.1, 0.15) is 17.5 Å². The molecule has 0 aliphatic carbocycles. The summed E-state index contributed by atoms with van der Waals surface area (Å²) in [5.41, 5.74) is 9.63. The molecule has 0 amide bonds. The van der Waals surface area contributed by atoms with E-state index in [-0.39, 0.29) is 12.3 Å². The van der Waals surface area contributed by atoms with Crippen molar-refractivity contribution in [1.29, 1.82) is 5.26 Å². The average Bonchev–Trinajstić information content (AvgIpc) is 2.72. The Hall–Kier alpha value is -2.30. The zero-order valence-corrected chi connectivity index (χ0v) is 13.4. The van der Waals surface area contributed by atoms with E-state index < -0.39 is 10.1 Å². The van der Waals surface area contributed by atoms with Crippen LogP contribution in [0, 0.1) is 25.2 Å². The van der Waals surface area contributed by atoms with Crippen LogP contribution >= 0.6 is 0 Å². The number of nitriles is 1. The number of hydrogen-bond donors (Lipinski definition) is 1. The maximum Gasteiger partial charge on any atom is 0.306 e. The molecule has 0 saturated heterocycles. The summed E-state index contributed by atoms with van der Waals surface area (Å²) in [5.74, 6) is 0.201. The molecule has 0 saturated carbocycles. The highest BCUT2D eigenvalue weighted by Crippen LogP contribution is 2.26. The first-order valence-electron chi connectivity index (χ1n) is 6.58. The summed E-state index contributed by atoms with van der Waals surface area (Å²) < 4.78 is 29.1. The normalized spacial score (nSPS) is 11.2. The minimum Gasteiger partial charge on any atom is -0.383 e. The summed E-state index contributed by atoms with van der Waals surface area (Å²) in [4.78, 5) is 0. The summed E-state index contributed by atoms with van der Waals surface area (Å²) in [6, 6.07) is 8.78. The molecule has 22 heavy (non-hydrogen) atoms. The number of hydrogen-bond acceptors (Lipinski definition) is 5. The van der Waals surface area contributed by atoms with Gasteiger partial charge in [0.15, 0.2) is 0 Å². The summed E-state index contributed by atoms with van der Waals surface area (Å²) in [7, 11) is -3.60. The van der Waals surface area contributed by atoms with Gasteiger partial charge in [-0.2, -0.15) is 13.7 Å². The third-order valence-electron chi connectivity index (χ3n) is 3.37. The fourth-order valence-electron chi connectivity index (χ4n) is 2.29. The Bertz CT molecular complexity index is 861. The van der Waals surface area contributed by atoms with E-state index in [9.17, 15) is 13.7 Å². The molecule has 0 aliphatic rings. The van der Waals surface area contributed by atoms with Gasteiger partial charge in [-0.25, -0.2) is 0 Å². The predicted molar refractivity (Wildman–Crippen MR) is 83.3 cm³/mol.